The van der Waals surface area contributed by atoms with Crippen LogP contribution in [0.5, 0.6) is 0 Å². The predicted octanol–water partition coefficient (Wildman–Crippen LogP) is 3.76. The third kappa shape index (κ3) is 5.23. The lowest BCUT2D eigenvalue weighted by Crippen LogP contribution is -2.36. The molecule has 2 atom stereocenters. The van der Waals surface area contributed by atoms with E-state index >= 15 is 0 Å². The van der Waals surface area contributed by atoms with Crippen LogP contribution in [0.3, 0.4) is 0 Å². The molecule has 0 aliphatic carbocycles. The Morgan fingerprint density at radius 2 is 2.00 bits per heavy atom. The number of ether oxygens (including phenoxy) is 2. The summed E-state index contributed by atoms with van der Waals surface area (Å²) in [6.45, 7) is 9.93. The zero-order valence-electron chi connectivity index (χ0n) is 16.2. The van der Waals surface area contributed by atoms with E-state index in [0.29, 0.717) is 5.56 Å². The van der Waals surface area contributed by atoms with Gasteiger partial charge >= 0.3 is 6.18 Å². The minimum absolute atomic E-state index is 0.0450. The van der Waals surface area contributed by atoms with Crippen LogP contribution in [0.4, 0.5) is 18.9 Å². The fourth-order valence-corrected chi connectivity index (χ4v) is 2.81. The summed E-state index contributed by atoms with van der Waals surface area (Å²) in [5.41, 5.74) is -2.36. The minimum atomic E-state index is -4.87. The van der Waals surface area contributed by atoms with E-state index in [1.54, 1.807) is 38.1 Å². The van der Waals surface area contributed by atoms with E-state index in [9.17, 15) is 23.1 Å². The predicted molar refractivity (Wildman–Crippen MR) is 101 cm³/mol. The lowest BCUT2D eigenvalue weighted by molar-refractivity contribution is -0.137. The molecule has 29 heavy (non-hydrogen) atoms. The number of nitrogens with zero attached hydrogens (tertiary/aromatic N) is 2. The van der Waals surface area contributed by atoms with Crippen LogP contribution in [0.2, 0.25) is 0 Å². The quantitative estimate of drug-likeness (QED) is 0.558. The van der Waals surface area contributed by atoms with Gasteiger partial charge in [0.25, 0.3) is 11.2 Å². The van der Waals surface area contributed by atoms with Crippen LogP contribution in [0, 0.1) is 13.5 Å². The van der Waals surface area contributed by atoms with Crippen molar-refractivity contribution in [3.63, 3.8) is 0 Å². The molecule has 0 amide bonds. The van der Waals surface area contributed by atoms with Gasteiger partial charge in [-0.25, -0.2) is 4.85 Å². The Bertz CT molecular complexity index is 964. The maximum Gasteiger partial charge on any atom is 0.407 e. The summed E-state index contributed by atoms with van der Waals surface area (Å²) in [5.74, 6) is 0. The number of benzene rings is 1. The molecule has 9 heteroatoms. The number of aromatic nitrogens is 1. The molecule has 0 aliphatic rings. The number of rotatable bonds is 7. The molecule has 0 bridgehead atoms. The van der Waals surface area contributed by atoms with Gasteiger partial charge in [0.15, 0.2) is 0 Å². The number of aryl methyl sites for hydroxylation is 1. The van der Waals surface area contributed by atoms with Gasteiger partial charge in [0.05, 0.1) is 30.9 Å². The summed E-state index contributed by atoms with van der Waals surface area (Å²) < 4.78 is 51.4. The van der Waals surface area contributed by atoms with E-state index in [1.807, 2.05) is 0 Å². The van der Waals surface area contributed by atoms with Crippen LogP contribution in [0.1, 0.15) is 18.1 Å². The highest BCUT2D eigenvalue weighted by molar-refractivity contribution is 5.66. The van der Waals surface area contributed by atoms with Crippen LogP contribution in [-0.4, -0.2) is 35.8 Å². The highest BCUT2D eigenvalue weighted by Gasteiger charge is 2.36. The molecule has 6 nitrogen and oxygen atoms in total. The van der Waals surface area contributed by atoms with Gasteiger partial charge in [-0.2, -0.15) is 13.2 Å². The second-order valence-electron chi connectivity index (χ2n) is 6.53. The van der Waals surface area contributed by atoms with Crippen LogP contribution in [0.25, 0.3) is 16.1 Å². The molecule has 1 N–H and O–H groups in total. The van der Waals surface area contributed by atoms with Crippen LogP contribution in [-0.2, 0) is 22.2 Å². The number of alkyl halides is 3. The summed E-state index contributed by atoms with van der Waals surface area (Å²) >= 11 is 0. The molecule has 1 aromatic carbocycles. The Morgan fingerprint density at radius 3 is 2.55 bits per heavy atom. The zero-order valence-corrected chi connectivity index (χ0v) is 16.2. The Kier molecular flexibility index (Phi) is 7.19. The van der Waals surface area contributed by atoms with E-state index in [0.717, 1.165) is 16.2 Å². The highest BCUT2D eigenvalue weighted by Crippen LogP contribution is 2.37. The van der Waals surface area contributed by atoms with Crippen molar-refractivity contribution >= 4 is 5.69 Å². The van der Waals surface area contributed by atoms with Gasteiger partial charge in [-0.3, -0.25) is 4.79 Å². The lowest BCUT2D eigenvalue weighted by atomic mass is 10.0. The van der Waals surface area contributed by atoms with Crippen molar-refractivity contribution in [1.82, 2.24) is 4.57 Å². The molecule has 2 aromatic rings. The van der Waals surface area contributed by atoms with E-state index in [1.165, 1.54) is 7.11 Å². The van der Waals surface area contributed by atoms with Gasteiger partial charge in [-0.1, -0.05) is 23.8 Å². The lowest BCUT2D eigenvalue weighted by Gasteiger charge is -2.23. The Hall–Kier alpha value is -2.67. The second kappa shape index (κ2) is 9.22. The number of halogens is 3. The molecule has 0 saturated heterocycles. The third-order valence-corrected chi connectivity index (χ3v) is 4.37. The summed E-state index contributed by atoms with van der Waals surface area (Å²) in [4.78, 5) is 15.6. The van der Waals surface area contributed by atoms with Crippen molar-refractivity contribution in [2.24, 2.45) is 0 Å². The van der Waals surface area contributed by atoms with Gasteiger partial charge in [0.2, 0.25) is 0 Å². The topological polar surface area (TPSA) is 65.1 Å². The molecule has 1 aromatic heterocycles. The summed E-state index contributed by atoms with van der Waals surface area (Å²) in [7, 11) is 1.40. The molecular weight excluding hydrogens is 389 g/mol. The number of hydrogen-bond donors (Lipinski definition) is 1. The number of aliphatic hydroxyl groups is 1. The highest BCUT2D eigenvalue weighted by atomic mass is 19.4. The zero-order chi connectivity index (χ0) is 21.8. The molecule has 0 aliphatic heterocycles. The van der Waals surface area contributed by atoms with Crippen LogP contribution in [0.15, 0.2) is 35.1 Å². The fourth-order valence-electron chi connectivity index (χ4n) is 2.81. The number of pyridine rings is 1. The molecule has 156 valence electrons. The molecular formula is C20H21F3N2O4. The molecule has 0 fully saturated rings. The molecule has 0 saturated carbocycles. The first-order chi connectivity index (χ1) is 13.6. The first-order valence-electron chi connectivity index (χ1n) is 8.68. The van der Waals surface area contributed by atoms with Gasteiger partial charge in [0.1, 0.15) is 6.79 Å². The van der Waals surface area contributed by atoms with Crippen molar-refractivity contribution in [3.05, 3.63) is 63.2 Å². The van der Waals surface area contributed by atoms with E-state index in [4.69, 9.17) is 16.0 Å². The molecule has 0 spiro atoms. The Balaban J connectivity index is 2.67. The van der Waals surface area contributed by atoms with Crippen molar-refractivity contribution < 1.29 is 27.8 Å². The first kappa shape index (κ1) is 22.6. The second-order valence-corrected chi connectivity index (χ2v) is 6.53. The first-order valence-corrected chi connectivity index (χ1v) is 8.68. The van der Waals surface area contributed by atoms with Gasteiger partial charge < -0.3 is 19.1 Å². The normalized spacial score (nSPS) is 13.7. The Morgan fingerprint density at radius 1 is 1.31 bits per heavy atom. The molecule has 2 rings (SSSR count). The average Bonchev–Trinajstić information content (AvgIpc) is 2.66. The average molecular weight is 410 g/mol. The van der Waals surface area contributed by atoms with E-state index in [-0.39, 0.29) is 19.0 Å². The maximum atomic E-state index is 13.5. The number of methoxy groups -OCH3 is 1. The third-order valence-electron chi connectivity index (χ3n) is 4.37. The molecule has 2 unspecified atom stereocenters. The minimum Gasteiger partial charge on any atom is -0.389 e. The monoisotopic (exact) mass is 410 g/mol. The maximum absolute atomic E-state index is 13.5. The van der Waals surface area contributed by atoms with E-state index < -0.39 is 35.2 Å². The van der Waals surface area contributed by atoms with Crippen molar-refractivity contribution in [1.29, 1.82) is 0 Å². The van der Waals surface area contributed by atoms with Gasteiger partial charge in [-0.05, 0) is 31.5 Å². The van der Waals surface area contributed by atoms with Crippen molar-refractivity contribution in [3.8, 4) is 11.3 Å². The van der Waals surface area contributed by atoms with Crippen molar-refractivity contribution in [2.45, 2.75) is 38.8 Å². The molecule has 0 radical (unpaired) electrons. The van der Waals surface area contributed by atoms with Gasteiger partial charge in [-0.15, -0.1) is 0 Å². The number of hydrogen-bond acceptors (Lipinski definition) is 4. The smallest absolute Gasteiger partial charge is 0.389 e. The summed E-state index contributed by atoms with van der Waals surface area (Å²) in [6, 6.07) is 7.38. The largest absolute Gasteiger partial charge is 0.407 e. The van der Waals surface area contributed by atoms with Gasteiger partial charge in [0, 0.05) is 12.8 Å². The summed E-state index contributed by atoms with van der Waals surface area (Å²) in [6.07, 6.45) is -6.85. The fraction of sp³-hybridized carbons (Fsp3) is 0.400. The SMILES string of the molecule is [C-]#[N+]c1c(C(F)(F)F)cc(-c2cccc(C)c2)n(CC(O)C(C)OCOC)c1=O. The van der Waals surface area contributed by atoms with Crippen LogP contribution < -0.4 is 5.56 Å². The standard InChI is InChI=1S/C20H21F3N2O4/c1-12-6-5-7-14(8-12)16-9-15(20(21,22)23)18(24-3)19(27)25(16)10-17(26)13(2)29-11-28-4/h5-9,13,17,26H,10-11H2,1-2,4H3. The van der Waals surface area contributed by atoms with E-state index in [2.05, 4.69) is 4.85 Å². The Labute approximate surface area is 165 Å². The number of aliphatic hydroxyl groups excluding tert-OH is 1. The summed E-state index contributed by atoms with van der Waals surface area (Å²) in [5, 5.41) is 10.4. The molecule has 1 heterocycles. The van der Waals surface area contributed by atoms with Crippen molar-refractivity contribution in [2.75, 3.05) is 13.9 Å². The van der Waals surface area contributed by atoms with Crippen LogP contribution >= 0.6 is 0 Å².